The van der Waals surface area contributed by atoms with E-state index in [4.69, 9.17) is 0 Å². The van der Waals surface area contributed by atoms with Gasteiger partial charge in [0.1, 0.15) is 0 Å². The Morgan fingerprint density at radius 3 is 2.46 bits per heavy atom. The van der Waals surface area contributed by atoms with Crippen molar-refractivity contribution in [2.45, 2.75) is 30.3 Å². The maximum atomic E-state index is 2.34. The molecule has 0 amide bonds. The molecule has 0 radical (unpaired) electrons. The molecule has 1 aliphatic rings. The summed E-state index contributed by atoms with van der Waals surface area (Å²) in [6.07, 6.45) is 11.0. The van der Waals surface area contributed by atoms with Crippen LogP contribution in [0.3, 0.4) is 0 Å². The second-order valence-corrected chi connectivity index (χ2v) is 6.28. The Bertz CT molecular complexity index is 155. The first-order chi connectivity index (χ1) is 4.93. The molecule has 0 unspecified atom stereocenters. The third kappa shape index (κ3) is 10.8. The molecule has 0 heterocycles. The van der Waals surface area contributed by atoms with Crippen LogP contribution < -0.4 is 71.9 Å². The molecular formula is C9H14I3Zr. The molecule has 4 heteroatoms. The number of rotatable bonds is 4. The molecule has 0 saturated heterocycles. The smallest absolute Gasteiger partial charge is 1.00 e. The number of unbranched alkanes of at least 4 members (excludes halogenated alkanes) is 1. The summed E-state index contributed by atoms with van der Waals surface area (Å²) in [6.45, 7) is 2.28. The third-order valence-electron chi connectivity index (χ3n) is 1.65. The summed E-state index contributed by atoms with van der Waals surface area (Å²) in [7, 11) is 0. The van der Waals surface area contributed by atoms with Crippen LogP contribution in [0.25, 0.3) is 0 Å². The minimum atomic E-state index is -0.0811. The van der Waals surface area contributed by atoms with Crippen molar-refractivity contribution in [3.05, 3.63) is 21.5 Å². The second kappa shape index (κ2) is 14.6. The van der Waals surface area contributed by atoms with Gasteiger partial charge in [0.15, 0.2) is 0 Å². The maximum absolute atomic E-state index is 2.34. The molecule has 0 aliphatic heterocycles. The molecule has 75 valence electrons. The van der Waals surface area contributed by atoms with Gasteiger partial charge in [0.2, 0.25) is 0 Å². The van der Waals surface area contributed by atoms with Crippen LogP contribution in [0.15, 0.2) is 21.5 Å². The summed E-state index contributed by atoms with van der Waals surface area (Å²) < 4.78 is 3.34. The van der Waals surface area contributed by atoms with Gasteiger partial charge in [0.25, 0.3) is 0 Å². The van der Waals surface area contributed by atoms with Gasteiger partial charge < -0.3 is 71.9 Å². The van der Waals surface area contributed by atoms with Crippen molar-refractivity contribution in [1.29, 1.82) is 0 Å². The summed E-state index contributed by atoms with van der Waals surface area (Å²) in [6, 6.07) is 0. The van der Waals surface area contributed by atoms with E-state index in [2.05, 4.69) is 25.2 Å². The van der Waals surface area contributed by atoms with Crippen molar-refractivity contribution in [2.75, 3.05) is 0 Å². The molecule has 0 saturated carbocycles. The Morgan fingerprint density at radius 2 is 2.00 bits per heavy atom. The topological polar surface area (TPSA) is 0 Å². The monoisotopic (exact) mass is 593 g/mol. The number of hydrogen-bond acceptors (Lipinski definition) is 0. The van der Waals surface area contributed by atoms with Crippen LogP contribution in [0.1, 0.15) is 26.2 Å². The Labute approximate surface area is 144 Å². The molecular weight excluding hydrogens is 580 g/mol. The Balaban J connectivity index is -0.000000333. The molecule has 0 aromatic heterocycles. The van der Waals surface area contributed by atoms with E-state index in [1.807, 2.05) is 0 Å². The zero-order chi connectivity index (χ0) is 7.23. The Morgan fingerprint density at radius 1 is 1.31 bits per heavy atom. The van der Waals surface area contributed by atoms with Crippen LogP contribution in [-0.2, 0) is 23.2 Å². The number of halogens is 3. The number of allylic oxidation sites excluding steroid dienone is 4. The quantitative estimate of drug-likeness (QED) is 0.225. The second-order valence-electron chi connectivity index (χ2n) is 2.60. The van der Waals surface area contributed by atoms with Crippen LogP contribution in [-0.4, -0.2) is 0 Å². The fourth-order valence-electron chi connectivity index (χ4n) is 1.00. The first kappa shape index (κ1) is 20.9. The van der Waals surface area contributed by atoms with Gasteiger partial charge in [-0.25, -0.2) is 0 Å². The average Bonchev–Trinajstić information content (AvgIpc) is 2.41. The third-order valence-corrected chi connectivity index (χ3v) is 5.16. The Kier molecular flexibility index (Phi) is 23.4. The minimum Gasteiger partial charge on any atom is -1.00 e. The average molecular weight is 594 g/mol. The van der Waals surface area contributed by atoms with Gasteiger partial charge in [0.05, 0.1) is 0 Å². The molecule has 13 heavy (non-hydrogen) atoms. The standard InChI is InChI=1S/C5H5.C4H9.3HI.Zr/c1-2-4-5-3-1;1-3-4-2;;;;/h1-3H,4H2;1,3-4H2,2H3;3*1H;/q;;;;;+3/p-3. The molecule has 0 fully saturated rings. The minimum absolute atomic E-state index is 0. The van der Waals surface area contributed by atoms with Crippen LogP contribution in [0.5, 0.6) is 0 Å². The van der Waals surface area contributed by atoms with E-state index in [1.54, 1.807) is 7.41 Å². The summed E-state index contributed by atoms with van der Waals surface area (Å²) in [5.74, 6) is 0. The zero-order valence-electron chi connectivity index (χ0n) is 7.69. The molecule has 0 nitrogen and oxygen atoms in total. The van der Waals surface area contributed by atoms with Crippen LogP contribution in [0.4, 0.5) is 0 Å². The van der Waals surface area contributed by atoms with Crippen LogP contribution in [0, 0.1) is 0 Å². The number of hydrogen-bond donors (Lipinski definition) is 0. The van der Waals surface area contributed by atoms with Crippen molar-refractivity contribution in [1.82, 2.24) is 0 Å². The Hall–Kier alpha value is 2.55. The van der Waals surface area contributed by atoms with Gasteiger partial charge in [-0.2, -0.15) is 0 Å². The molecule has 1 aliphatic carbocycles. The molecule has 1 rings (SSSR count). The molecule has 0 bridgehead atoms. The van der Waals surface area contributed by atoms with E-state index in [-0.39, 0.29) is 95.2 Å². The zero-order valence-corrected chi connectivity index (χ0v) is 16.6. The van der Waals surface area contributed by atoms with Crippen molar-refractivity contribution in [3.8, 4) is 0 Å². The van der Waals surface area contributed by atoms with E-state index < -0.39 is 0 Å². The van der Waals surface area contributed by atoms with Gasteiger partial charge in [-0.3, -0.25) is 0 Å². The SMILES string of the molecule is CCC[CH2][Zr+3][C]1=CC=CC1.[I-].[I-].[I-]. The molecule has 0 atom stereocenters. The van der Waals surface area contributed by atoms with E-state index in [0.717, 1.165) is 0 Å². The van der Waals surface area contributed by atoms with Gasteiger partial charge in [-0.05, 0) is 0 Å². The van der Waals surface area contributed by atoms with Crippen molar-refractivity contribution in [2.24, 2.45) is 0 Å². The summed E-state index contributed by atoms with van der Waals surface area (Å²) in [5, 5.41) is 0. The van der Waals surface area contributed by atoms with E-state index in [1.165, 1.54) is 19.3 Å². The van der Waals surface area contributed by atoms with Crippen molar-refractivity contribution >= 4 is 0 Å². The van der Waals surface area contributed by atoms with E-state index in [0.29, 0.717) is 0 Å². The molecule has 0 spiro atoms. The van der Waals surface area contributed by atoms with Crippen LogP contribution >= 0.6 is 0 Å². The maximum Gasteiger partial charge on any atom is -1.00 e. The predicted molar refractivity (Wildman–Crippen MR) is 41.6 cm³/mol. The summed E-state index contributed by atoms with van der Waals surface area (Å²) >= 11 is -0.0811. The van der Waals surface area contributed by atoms with Gasteiger partial charge in [-0.1, -0.05) is 0 Å². The first-order valence-electron chi connectivity index (χ1n) is 4.03. The predicted octanol–water partition coefficient (Wildman–Crippen LogP) is -5.86. The fourth-order valence-corrected chi connectivity index (χ4v) is 4.27. The van der Waals surface area contributed by atoms with Crippen molar-refractivity contribution in [3.63, 3.8) is 0 Å². The van der Waals surface area contributed by atoms with E-state index >= 15 is 0 Å². The normalized spacial score (nSPS) is 11.6. The summed E-state index contributed by atoms with van der Waals surface area (Å²) in [4.78, 5) is 0. The van der Waals surface area contributed by atoms with Gasteiger partial charge in [-0.15, -0.1) is 0 Å². The van der Waals surface area contributed by atoms with Crippen LogP contribution in [0.2, 0.25) is 4.13 Å². The van der Waals surface area contributed by atoms with Gasteiger partial charge in [0, 0.05) is 0 Å². The van der Waals surface area contributed by atoms with E-state index in [9.17, 15) is 0 Å². The van der Waals surface area contributed by atoms with Crippen molar-refractivity contribution < 1.29 is 95.2 Å². The molecule has 0 N–H and O–H groups in total. The fraction of sp³-hybridized carbons (Fsp3) is 0.556. The molecule has 0 aromatic carbocycles. The summed E-state index contributed by atoms with van der Waals surface area (Å²) in [5.41, 5.74) is 0. The first-order valence-corrected chi connectivity index (χ1v) is 6.99. The van der Waals surface area contributed by atoms with Gasteiger partial charge >= 0.3 is 75.1 Å². The molecule has 0 aromatic rings. The largest absolute Gasteiger partial charge is 1.00 e.